The van der Waals surface area contributed by atoms with E-state index in [0.29, 0.717) is 0 Å². The van der Waals surface area contributed by atoms with E-state index >= 15 is 0 Å². The van der Waals surface area contributed by atoms with E-state index in [-0.39, 0.29) is 0 Å². The minimum atomic E-state index is 0.832. The van der Waals surface area contributed by atoms with Crippen molar-refractivity contribution in [3.05, 3.63) is 29.8 Å². The molecule has 2 heterocycles. The second kappa shape index (κ2) is 7.61. The fraction of sp³-hybridized carbons (Fsp3) is 0.533. The van der Waals surface area contributed by atoms with E-state index in [1.807, 2.05) is 24.0 Å². The molecule has 0 fully saturated rings. The van der Waals surface area contributed by atoms with E-state index in [9.17, 15) is 0 Å². The molecular weight excluding hydrogens is 264 g/mol. The first-order valence-electron chi connectivity index (χ1n) is 7.54. The predicted octanol–water partition coefficient (Wildman–Crippen LogP) is 2.25. The van der Waals surface area contributed by atoms with Gasteiger partial charge in [0.15, 0.2) is 0 Å². The molecule has 21 heavy (non-hydrogen) atoms. The second-order valence-electron chi connectivity index (χ2n) is 4.95. The number of hydrogen-bond donors (Lipinski definition) is 2. The maximum absolute atomic E-state index is 4.40. The molecule has 6 heteroatoms. The minimum Gasteiger partial charge on any atom is -0.370 e. The number of rotatable bonds is 8. The van der Waals surface area contributed by atoms with E-state index in [4.69, 9.17) is 0 Å². The topological polar surface area (TPSA) is 67.7 Å². The summed E-state index contributed by atoms with van der Waals surface area (Å²) in [5.74, 6) is 1.88. The molecule has 2 aromatic rings. The van der Waals surface area contributed by atoms with Gasteiger partial charge in [-0.25, -0.2) is 9.97 Å². The van der Waals surface area contributed by atoms with Gasteiger partial charge in [-0.15, -0.1) is 0 Å². The maximum atomic E-state index is 4.40. The van der Waals surface area contributed by atoms with Gasteiger partial charge in [0, 0.05) is 44.0 Å². The van der Waals surface area contributed by atoms with Crippen LogP contribution in [0.1, 0.15) is 31.5 Å². The summed E-state index contributed by atoms with van der Waals surface area (Å²) < 4.78 is 1.90. The van der Waals surface area contributed by atoms with Gasteiger partial charge in [0.25, 0.3) is 0 Å². The fourth-order valence-corrected chi connectivity index (χ4v) is 2.33. The Morgan fingerprint density at radius 2 is 1.86 bits per heavy atom. The highest BCUT2D eigenvalue weighted by atomic mass is 15.3. The quantitative estimate of drug-likeness (QED) is 0.780. The van der Waals surface area contributed by atoms with Crippen molar-refractivity contribution in [3.8, 4) is 0 Å². The molecule has 0 saturated carbocycles. The van der Waals surface area contributed by atoms with Gasteiger partial charge >= 0.3 is 0 Å². The molecule has 0 aromatic carbocycles. The lowest BCUT2D eigenvalue weighted by Gasteiger charge is -2.14. The Kier molecular flexibility index (Phi) is 5.54. The van der Waals surface area contributed by atoms with Crippen molar-refractivity contribution in [3.63, 3.8) is 0 Å². The molecule has 0 spiro atoms. The standard InChI is InChI=1S/C15H24N6/c1-4-6-13-14(16-5-2)18-11-19-15(13)17-9-7-12-8-10-20-21(12)3/h8,10-11H,4-7,9H2,1-3H3,(H2,16,17,18,19). The summed E-state index contributed by atoms with van der Waals surface area (Å²) in [7, 11) is 1.96. The van der Waals surface area contributed by atoms with Crippen LogP contribution in [-0.4, -0.2) is 32.8 Å². The number of nitrogens with one attached hydrogen (secondary N) is 2. The molecule has 6 nitrogen and oxygen atoms in total. The second-order valence-corrected chi connectivity index (χ2v) is 4.95. The minimum absolute atomic E-state index is 0.832. The van der Waals surface area contributed by atoms with E-state index < -0.39 is 0 Å². The Labute approximate surface area is 126 Å². The van der Waals surface area contributed by atoms with Gasteiger partial charge in [-0.05, 0) is 19.4 Å². The summed E-state index contributed by atoms with van der Waals surface area (Å²) in [5.41, 5.74) is 2.38. The molecule has 2 rings (SSSR count). The summed E-state index contributed by atoms with van der Waals surface area (Å²) in [4.78, 5) is 8.74. The van der Waals surface area contributed by atoms with Crippen molar-refractivity contribution in [2.45, 2.75) is 33.1 Å². The summed E-state index contributed by atoms with van der Waals surface area (Å²) in [6.07, 6.45) is 6.40. The van der Waals surface area contributed by atoms with Crippen molar-refractivity contribution in [1.82, 2.24) is 19.7 Å². The van der Waals surface area contributed by atoms with Crippen LogP contribution in [0.3, 0.4) is 0 Å². The highest BCUT2D eigenvalue weighted by Crippen LogP contribution is 2.21. The summed E-state index contributed by atoms with van der Waals surface area (Å²) in [5, 5.41) is 10.9. The molecular formula is C15H24N6. The van der Waals surface area contributed by atoms with Gasteiger partial charge in [-0.1, -0.05) is 13.3 Å². The van der Waals surface area contributed by atoms with Crippen molar-refractivity contribution in [2.75, 3.05) is 23.7 Å². The SMILES string of the molecule is CCCc1c(NCC)ncnc1NCCc1ccnn1C. The normalized spacial score (nSPS) is 10.6. The first kappa shape index (κ1) is 15.3. The lowest BCUT2D eigenvalue weighted by atomic mass is 10.1. The predicted molar refractivity (Wildman–Crippen MR) is 85.6 cm³/mol. The largest absolute Gasteiger partial charge is 0.370 e. The Balaban J connectivity index is 2.04. The van der Waals surface area contributed by atoms with Gasteiger partial charge in [-0.2, -0.15) is 5.10 Å². The average Bonchev–Trinajstić information content (AvgIpc) is 2.88. The Morgan fingerprint density at radius 1 is 1.10 bits per heavy atom. The molecule has 0 amide bonds. The summed E-state index contributed by atoms with van der Waals surface area (Å²) in [6, 6.07) is 2.04. The fourth-order valence-electron chi connectivity index (χ4n) is 2.33. The summed E-state index contributed by atoms with van der Waals surface area (Å²) >= 11 is 0. The molecule has 0 aliphatic heterocycles. The number of hydrogen-bond acceptors (Lipinski definition) is 5. The van der Waals surface area contributed by atoms with Crippen molar-refractivity contribution >= 4 is 11.6 Å². The van der Waals surface area contributed by atoms with E-state index in [1.165, 1.54) is 11.3 Å². The average molecular weight is 288 g/mol. The van der Waals surface area contributed by atoms with E-state index in [1.54, 1.807) is 6.33 Å². The molecule has 0 radical (unpaired) electrons. The first-order chi connectivity index (χ1) is 10.3. The highest BCUT2D eigenvalue weighted by Gasteiger charge is 2.10. The third kappa shape index (κ3) is 3.93. The maximum Gasteiger partial charge on any atom is 0.134 e. The Bertz CT molecular complexity index is 563. The Morgan fingerprint density at radius 3 is 2.48 bits per heavy atom. The lowest BCUT2D eigenvalue weighted by molar-refractivity contribution is 0.710. The number of nitrogens with zero attached hydrogens (tertiary/aromatic N) is 4. The lowest BCUT2D eigenvalue weighted by Crippen LogP contribution is -2.13. The molecule has 0 aliphatic rings. The van der Waals surface area contributed by atoms with Gasteiger partial charge < -0.3 is 10.6 Å². The smallest absolute Gasteiger partial charge is 0.134 e. The number of aromatic nitrogens is 4. The van der Waals surface area contributed by atoms with Gasteiger partial charge in [0.05, 0.1) is 0 Å². The van der Waals surface area contributed by atoms with Crippen LogP contribution < -0.4 is 10.6 Å². The molecule has 114 valence electrons. The van der Waals surface area contributed by atoms with Crippen LogP contribution in [0.5, 0.6) is 0 Å². The monoisotopic (exact) mass is 288 g/mol. The van der Waals surface area contributed by atoms with Crippen molar-refractivity contribution < 1.29 is 0 Å². The molecule has 0 atom stereocenters. The highest BCUT2D eigenvalue weighted by molar-refractivity contribution is 5.57. The van der Waals surface area contributed by atoms with Gasteiger partial charge in [0.1, 0.15) is 18.0 Å². The summed E-state index contributed by atoms with van der Waals surface area (Å²) in [6.45, 7) is 5.94. The molecule has 0 aliphatic carbocycles. The molecule has 0 saturated heterocycles. The molecule has 2 aromatic heterocycles. The van der Waals surface area contributed by atoms with Gasteiger partial charge in [0.2, 0.25) is 0 Å². The van der Waals surface area contributed by atoms with Crippen LogP contribution in [0, 0.1) is 0 Å². The molecule has 0 unspecified atom stereocenters. The zero-order valence-corrected chi connectivity index (χ0v) is 13.1. The first-order valence-corrected chi connectivity index (χ1v) is 7.54. The third-order valence-electron chi connectivity index (χ3n) is 3.39. The zero-order valence-electron chi connectivity index (χ0n) is 13.1. The number of aryl methyl sites for hydroxylation is 1. The van der Waals surface area contributed by atoms with Gasteiger partial charge in [-0.3, -0.25) is 4.68 Å². The third-order valence-corrected chi connectivity index (χ3v) is 3.39. The zero-order chi connectivity index (χ0) is 15.1. The van der Waals surface area contributed by atoms with E-state index in [0.717, 1.165) is 44.0 Å². The van der Waals surface area contributed by atoms with Crippen LogP contribution in [0.2, 0.25) is 0 Å². The van der Waals surface area contributed by atoms with Crippen LogP contribution >= 0.6 is 0 Å². The number of anilines is 2. The van der Waals surface area contributed by atoms with E-state index in [2.05, 4.69) is 39.5 Å². The van der Waals surface area contributed by atoms with Crippen LogP contribution in [0.25, 0.3) is 0 Å². The molecule has 2 N–H and O–H groups in total. The Hall–Kier alpha value is -2.11. The van der Waals surface area contributed by atoms with Crippen molar-refractivity contribution in [1.29, 1.82) is 0 Å². The van der Waals surface area contributed by atoms with Crippen LogP contribution in [-0.2, 0) is 19.9 Å². The van der Waals surface area contributed by atoms with Crippen LogP contribution in [0.15, 0.2) is 18.6 Å². The van der Waals surface area contributed by atoms with Crippen LogP contribution in [0.4, 0.5) is 11.6 Å². The molecule has 0 bridgehead atoms. The van der Waals surface area contributed by atoms with Crippen molar-refractivity contribution in [2.24, 2.45) is 7.05 Å².